The summed E-state index contributed by atoms with van der Waals surface area (Å²) in [7, 11) is 0. The van der Waals surface area contributed by atoms with Gasteiger partial charge in [-0.05, 0) is 48.4 Å². The lowest BCUT2D eigenvalue weighted by atomic mass is 10.0. The van der Waals surface area contributed by atoms with Gasteiger partial charge in [-0.15, -0.1) is 0 Å². The lowest BCUT2D eigenvalue weighted by Gasteiger charge is -2.34. The molecular weight excluding hydrogens is 372 g/mol. The average molecular weight is 399 g/mol. The molecule has 0 spiro atoms. The first-order valence-corrected chi connectivity index (χ1v) is 10.1. The van der Waals surface area contributed by atoms with Crippen molar-refractivity contribution < 1.29 is 13.5 Å². The Morgan fingerprint density at radius 3 is 1.79 bits per heavy atom. The van der Waals surface area contributed by atoms with Gasteiger partial charge in [-0.2, -0.15) is 5.26 Å². The molecule has 1 aliphatic heterocycles. The molecule has 1 aliphatic rings. The summed E-state index contributed by atoms with van der Waals surface area (Å²) in [5.74, 6) is -0.585. The van der Waals surface area contributed by atoms with Crippen LogP contribution in [-0.2, 0) is 4.74 Å². The van der Waals surface area contributed by atoms with E-state index >= 15 is 0 Å². The van der Waals surface area contributed by atoms with Gasteiger partial charge < -0.3 is 9.64 Å². The second kappa shape index (κ2) is 11.0. The average Bonchev–Trinajstić information content (AvgIpc) is 2.74. The quantitative estimate of drug-likeness (QED) is 0.598. The maximum absolute atomic E-state index is 13.3. The molecule has 2 aromatic carbocycles. The summed E-state index contributed by atoms with van der Waals surface area (Å²) in [6.07, 6.45) is 1.18. The number of rotatable bonds is 9. The van der Waals surface area contributed by atoms with Crippen LogP contribution in [-0.4, -0.2) is 55.7 Å². The molecule has 0 amide bonds. The molecule has 0 aliphatic carbocycles. The predicted octanol–water partition coefficient (Wildman–Crippen LogP) is 3.99. The third-order valence-electron chi connectivity index (χ3n) is 5.27. The van der Waals surface area contributed by atoms with E-state index in [1.807, 2.05) is 0 Å². The Hall–Kier alpha value is -2.33. The number of nitriles is 1. The maximum Gasteiger partial charge on any atom is 0.123 e. The Bertz CT molecular complexity index is 736. The third kappa shape index (κ3) is 6.60. The van der Waals surface area contributed by atoms with Crippen LogP contribution in [0.3, 0.4) is 0 Å². The Kier molecular flexibility index (Phi) is 8.12. The van der Waals surface area contributed by atoms with Crippen molar-refractivity contribution >= 4 is 0 Å². The number of hydrogen-bond donors (Lipinski definition) is 0. The zero-order chi connectivity index (χ0) is 20.5. The van der Waals surface area contributed by atoms with Gasteiger partial charge in [-0.1, -0.05) is 24.3 Å². The van der Waals surface area contributed by atoms with Crippen LogP contribution in [0, 0.1) is 23.0 Å². The highest BCUT2D eigenvalue weighted by atomic mass is 19.1. The number of hydrogen-bond acceptors (Lipinski definition) is 4. The van der Waals surface area contributed by atoms with E-state index in [1.54, 1.807) is 24.3 Å². The van der Waals surface area contributed by atoms with Crippen molar-refractivity contribution in [3.05, 3.63) is 71.3 Å². The van der Waals surface area contributed by atoms with Crippen molar-refractivity contribution in [1.82, 2.24) is 9.80 Å². The highest BCUT2D eigenvalue weighted by Crippen LogP contribution is 2.26. The minimum absolute atomic E-state index is 0.292. The summed E-state index contributed by atoms with van der Waals surface area (Å²) in [4.78, 5) is 4.77. The molecule has 3 rings (SSSR count). The number of ether oxygens (including phenoxy) is 1. The molecule has 0 saturated carbocycles. The van der Waals surface area contributed by atoms with Crippen molar-refractivity contribution in [2.75, 3.05) is 45.9 Å². The van der Waals surface area contributed by atoms with E-state index in [1.165, 1.54) is 24.3 Å². The molecule has 154 valence electrons. The van der Waals surface area contributed by atoms with Crippen LogP contribution in [0.2, 0.25) is 0 Å². The van der Waals surface area contributed by atoms with Gasteiger partial charge >= 0.3 is 0 Å². The van der Waals surface area contributed by atoms with Crippen LogP contribution in [0.5, 0.6) is 0 Å². The molecule has 0 atom stereocenters. The Labute approximate surface area is 171 Å². The van der Waals surface area contributed by atoms with E-state index in [0.717, 1.165) is 56.8 Å². The molecular formula is C23H27F2N3O. The fourth-order valence-corrected chi connectivity index (χ4v) is 3.58. The molecule has 4 nitrogen and oxygen atoms in total. The predicted molar refractivity (Wildman–Crippen MR) is 108 cm³/mol. The van der Waals surface area contributed by atoms with Gasteiger partial charge in [0.2, 0.25) is 0 Å². The Morgan fingerprint density at radius 1 is 0.828 bits per heavy atom. The number of halogens is 2. The molecule has 1 saturated heterocycles. The summed E-state index contributed by atoms with van der Waals surface area (Å²) in [6.45, 7) is 6.30. The maximum atomic E-state index is 13.3. The summed E-state index contributed by atoms with van der Waals surface area (Å²) in [6, 6.07) is 14.7. The number of nitrogens with zero attached hydrogens (tertiary/aromatic N) is 3. The van der Waals surface area contributed by atoms with Crippen molar-refractivity contribution in [3.8, 4) is 6.07 Å². The van der Waals surface area contributed by atoms with Crippen molar-refractivity contribution in [3.63, 3.8) is 0 Å². The number of piperazine rings is 1. The van der Waals surface area contributed by atoms with E-state index in [-0.39, 0.29) is 17.7 Å². The van der Waals surface area contributed by atoms with Crippen molar-refractivity contribution in [2.24, 2.45) is 0 Å². The fraction of sp³-hybridized carbons (Fsp3) is 0.435. The van der Waals surface area contributed by atoms with E-state index in [2.05, 4.69) is 15.9 Å². The largest absolute Gasteiger partial charge is 0.367 e. The van der Waals surface area contributed by atoms with Crippen LogP contribution in [0.4, 0.5) is 8.78 Å². The number of unbranched alkanes of at least 4 members (excludes halogenated alkanes) is 1. The first kappa shape index (κ1) is 21.4. The van der Waals surface area contributed by atoms with Gasteiger partial charge in [0.25, 0.3) is 0 Å². The molecule has 1 fully saturated rings. The SMILES string of the molecule is N#CCCCN1CCN(CCOC(c2ccc(F)cc2)c2ccc(F)cc2)CC1. The van der Waals surface area contributed by atoms with E-state index in [0.29, 0.717) is 13.0 Å². The lowest BCUT2D eigenvalue weighted by Crippen LogP contribution is -2.47. The molecule has 1 heterocycles. The smallest absolute Gasteiger partial charge is 0.123 e. The highest BCUT2D eigenvalue weighted by molar-refractivity contribution is 5.30. The summed E-state index contributed by atoms with van der Waals surface area (Å²) in [5, 5.41) is 8.64. The molecule has 0 radical (unpaired) electrons. The summed E-state index contributed by atoms with van der Waals surface area (Å²) in [5.41, 5.74) is 1.70. The zero-order valence-corrected chi connectivity index (χ0v) is 16.6. The van der Waals surface area contributed by atoms with Crippen LogP contribution in [0.15, 0.2) is 48.5 Å². The molecule has 0 bridgehead atoms. The Morgan fingerprint density at radius 2 is 1.31 bits per heavy atom. The van der Waals surface area contributed by atoms with Gasteiger partial charge in [-0.25, -0.2) is 8.78 Å². The molecule has 2 aromatic rings. The topological polar surface area (TPSA) is 39.5 Å². The minimum Gasteiger partial charge on any atom is -0.367 e. The summed E-state index contributed by atoms with van der Waals surface area (Å²) < 4.78 is 32.8. The molecule has 6 heteroatoms. The standard InChI is InChI=1S/C23H27F2N3O/c24-21-7-3-19(4-8-21)23(20-5-9-22(25)10-6-20)29-18-17-28-15-13-27(14-16-28)12-2-1-11-26/h3-10,23H,1-2,12-18H2. The molecule has 0 unspecified atom stereocenters. The third-order valence-corrected chi connectivity index (χ3v) is 5.27. The molecule has 0 aromatic heterocycles. The first-order valence-electron chi connectivity index (χ1n) is 10.1. The van der Waals surface area contributed by atoms with Gasteiger partial charge in [0, 0.05) is 39.1 Å². The van der Waals surface area contributed by atoms with Crippen molar-refractivity contribution in [1.29, 1.82) is 5.26 Å². The second-order valence-electron chi connectivity index (χ2n) is 7.30. The lowest BCUT2D eigenvalue weighted by molar-refractivity contribution is 0.0451. The van der Waals surface area contributed by atoms with Crippen LogP contribution in [0.1, 0.15) is 30.1 Å². The van der Waals surface area contributed by atoms with Crippen LogP contribution in [0.25, 0.3) is 0 Å². The monoisotopic (exact) mass is 399 g/mol. The Balaban J connectivity index is 1.52. The van der Waals surface area contributed by atoms with Gasteiger partial charge in [-0.3, -0.25) is 4.90 Å². The molecule has 29 heavy (non-hydrogen) atoms. The van der Waals surface area contributed by atoms with E-state index < -0.39 is 0 Å². The first-order chi connectivity index (χ1) is 14.2. The van der Waals surface area contributed by atoms with Gasteiger partial charge in [0.1, 0.15) is 17.7 Å². The fourth-order valence-electron chi connectivity index (χ4n) is 3.58. The van der Waals surface area contributed by atoms with E-state index in [9.17, 15) is 8.78 Å². The van der Waals surface area contributed by atoms with Gasteiger partial charge in [0.05, 0.1) is 12.7 Å². The second-order valence-corrected chi connectivity index (χ2v) is 7.30. The van der Waals surface area contributed by atoms with E-state index in [4.69, 9.17) is 10.00 Å². The molecule has 0 N–H and O–H groups in total. The highest BCUT2D eigenvalue weighted by Gasteiger charge is 2.19. The minimum atomic E-state index is -0.358. The summed E-state index contributed by atoms with van der Waals surface area (Å²) >= 11 is 0. The van der Waals surface area contributed by atoms with Crippen molar-refractivity contribution in [2.45, 2.75) is 18.9 Å². The van der Waals surface area contributed by atoms with Crippen LogP contribution < -0.4 is 0 Å². The normalized spacial score (nSPS) is 15.5. The van der Waals surface area contributed by atoms with Gasteiger partial charge in [0.15, 0.2) is 0 Å². The van der Waals surface area contributed by atoms with Crippen LogP contribution >= 0.6 is 0 Å². The zero-order valence-electron chi connectivity index (χ0n) is 16.6. The number of benzene rings is 2.